The zero-order valence-corrected chi connectivity index (χ0v) is 15.8. The van der Waals surface area contributed by atoms with E-state index in [-0.39, 0.29) is 24.1 Å². The van der Waals surface area contributed by atoms with Gasteiger partial charge in [0.2, 0.25) is 5.91 Å². The molecule has 0 radical (unpaired) electrons. The molecular weight excluding hydrogens is 394 g/mol. The van der Waals surface area contributed by atoms with E-state index in [1.54, 1.807) is 6.07 Å². The van der Waals surface area contributed by atoms with Crippen molar-refractivity contribution in [1.29, 1.82) is 0 Å². The second-order valence-electron chi connectivity index (χ2n) is 5.92. The van der Waals surface area contributed by atoms with Crippen LogP contribution in [0.25, 0.3) is 11.3 Å². The number of hydrogen-bond acceptors (Lipinski definition) is 3. The summed E-state index contributed by atoms with van der Waals surface area (Å²) in [7, 11) is 0. The number of carbonyl (C=O) groups is 1. The number of hydrogen-bond donors (Lipinski definition) is 1. The van der Waals surface area contributed by atoms with Gasteiger partial charge in [-0.25, -0.2) is 4.68 Å². The lowest BCUT2D eigenvalue weighted by Crippen LogP contribution is -2.34. The van der Waals surface area contributed by atoms with Crippen LogP contribution in [0, 0.1) is 0 Å². The second-order valence-corrected chi connectivity index (χ2v) is 6.84. The molecule has 1 N–H and O–H groups in total. The number of nitrogens with one attached hydrogen (secondary N) is 1. The van der Waals surface area contributed by atoms with Crippen LogP contribution in [0.3, 0.4) is 0 Å². The zero-order valence-electron chi connectivity index (χ0n) is 14.2. The van der Waals surface area contributed by atoms with Gasteiger partial charge in [-0.2, -0.15) is 5.10 Å². The van der Waals surface area contributed by atoms with Crippen molar-refractivity contribution < 1.29 is 4.79 Å². The fourth-order valence-corrected chi connectivity index (χ4v) is 2.85. The minimum absolute atomic E-state index is 0.125. The Morgan fingerprint density at radius 2 is 1.77 bits per heavy atom. The first kappa shape index (κ1) is 18.1. The quantitative estimate of drug-likeness (QED) is 0.697. The summed E-state index contributed by atoms with van der Waals surface area (Å²) in [5, 5.41) is 7.21. The van der Waals surface area contributed by atoms with E-state index in [1.165, 1.54) is 10.7 Å². The molecule has 1 aromatic heterocycles. The molecule has 0 bridgehead atoms. The number of benzene rings is 2. The summed E-state index contributed by atoms with van der Waals surface area (Å²) >= 11 is 3.39. The summed E-state index contributed by atoms with van der Waals surface area (Å²) in [6.07, 6.45) is 0. The Morgan fingerprint density at radius 1 is 1.08 bits per heavy atom. The van der Waals surface area contributed by atoms with E-state index in [2.05, 4.69) is 26.3 Å². The maximum atomic E-state index is 12.3. The van der Waals surface area contributed by atoms with Gasteiger partial charge in [0.25, 0.3) is 5.56 Å². The van der Waals surface area contributed by atoms with Gasteiger partial charge in [0.15, 0.2) is 0 Å². The van der Waals surface area contributed by atoms with Crippen LogP contribution in [0.4, 0.5) is 0 Å². The first-order valence-electron chi connectivity index (χ1n) is 8.21. The molecular formula is C20H18BrN3O2. The van der Waals surface area contributed by atoms with Crippen molar-refractivity contribution in [3.05, 3.63) is 87.1 Å². The highest BCUT2D eigenvalue weighted by atomic mass is 79.9. The Balaban J connectivity index is 1.74. The molecule has 0 aliphatic carbocycles. The van der Waals surface area contributed by atoms with E-state index < -0.39 is 0 Å². The predicted octanol–water partition coefficient (Wildman–Crippen LogP) is 3.55. The molecule has 26 heavy (non-hydrogen) atoms. The highest BCUT2D eigenvalue weighted by Crippen LogP contribution is 2.18. The molecule has 0 saturated carbocycles. The van der Waals surface area contributed by atoms with Crippen LogP contribution in [0.15, 0.2) is 76.0 Å². The van der Waals surface area contributed by atoms with E-state index in [0.29, 0.717) is 5.69 Å². The topological polar surface area (TPSA) is 64.0 Å². The van der Waals surface area contributed by atoms with Gasteiger partial charge in [0, 0.05) is 16.1 Å². The van der Waals surface area contributed by atoms with Crippen molar-refractivity contribution in [3.63, 3.8) is 0 Å². The molecule has 0 saturated heterocycles. The van der Waals surface area contributed by atoms with Gasteiger partial charge in [-0.15, -0.1) is 0 Å². The van der Waals surface area contributed by atoms with Crippen LogP contribution < -0.4 is 10.9 Å². The highest BCUT2D eigenvalue weighted by molar-refractivity contribution is 9.10. The van der Waals surface area contributed by atoms with Crippen molar-refractivity contribution >= 4 is 21.8 Å². The van der Waals surface area contributed by atoms with Crippen LogP contribution in [0.5, 0.6) is 0 Å². The van der Waals surface area contributed by atoms with Gasteiger partial charge in [-0.05, 0) is 30.7 Å². The number of rotatable bonds is 5. The number of carbonyl (C=O) groups excluding carboxylic acids is 1. The Bertz CT molecular complexity index is 953. The number of amides is 1. The van der Waals surface area contributed by atoms with Crippen LogP contribution in [-0.2, 0) is 11.3 Å². The minimum atomic E-state index is -0.312. The third-order valence-electron chi connectivity index (χ3n) is 3.98. The molecule has 0 fully saturated rings. The largest absolute Gasteiger partial charge is 0.348 e. The number of aromatic nitrogens is 2. The third-order valence-corrected chi connectivity index (χ3v) is 4.51. The smallest absolute Gasteiger partial charge is 0.267 e. The molecule has 2 aromatic carbocycles. The van der Waals surface area contributed by atoms with Crippen molar-refractivity contribution in [1.82, 2.24) is 15.1 Å². The minimum Gasteiger partial charge on any atom is -0.348 e. The number of halogens is 1. The molecule has 0 spiro atoms. The van der Waals surface area contributed by atoms with Gasteiger partial charge in [-0.3, -0.25) is 9.59 Å². The van der Waals surface area contributed by atoms with E-state index in [9.17, 15) is 9.59 Å². The molecule has 132 valence electrons. The molecule has 1 heterocycles. The summed E-state index contributed by atoms with van der Waals surface area (Å²) in [6.45, 7) is 1.78. The summed E-state index contributed by atoms with van der Waals surface area (Å²) in [6, 6.07) is 20.2. The summed E-state index contributed by atoms with van der Waals surface area (Å²) in [5.74, 6) is -0.260. The SMILES string of the molecule is CC(NC(=O)Cn1nc(-c2ccc(Br)cc2)ccc1=O)c1ccccc1. The first-order chi connectivity index (χ1) is 12.5. The van der Waals surface area contributed by atoms with Gasteiger partial charge >= 0.3 is 0 Å². The van der Waals surface area contributed by atoms with Crippen LogP contribution in [0.2, 0.25) is 0 Å². The summed E-state index contributed by atoms with van der Waals surface area (Å²) in [4.78, 5) is 24.4. The van der Waals surface area contributed by atoms with E-state index in [4.69, 9.17) is 0 Å². The average molecular weight is 412 g/mol. The Kier molecular flexibility index (Phi) is 5.63. The lowest BCUT2D eigenvalue weighted by atomic mass is 10.1. The lowest BCUT2D eigenvalue weighted by molar-refractivity contribution is -0.122. The van der Waals surface area contributed by atoms with Crippen molar-refractivity contribution in [2.24, 2.45) is 0 Å². The van der Waals surface area contributed by atoms with Gasteiger partial charge in [-0.1, -0.05) is 58.4 Å². The fraction of sp³-hybridized carbons (Fsp3) is 0.150. The van der Waals surface area contributed by atoms with Gasteiger partial charge < -0.3 is 5.32 Å². The summed E-state index contributed by atoms with van der Waals surface area (Å²) < 4.78 is 2.15. The third kappa shape index (κ3) is 4.46. The average Bonchev–Trinajstić information content (AvgIpc) is 2.65. The molecule has 6 heteroatoms. The van der Waals surface area contributed by atoms with Gasteiger partial charge in [0.1, 0.15) is 6.54 Å². The molecule has 1 unspecified atom stereocenters. The van der Waals surface area contributed by atoms with Crippen LogP contribution in [0.1, 0.15) is 18.5 Å². The zero-order chi connectivity index (χ0) is 18.5. The van der Waals surface area contributed by atoms with Crippen molar-refractivity contribution in [2.75, 3.05) is 0 Å². The lowest BCUT2D eigenvalue weighted by Gasteiger charge is -2.14. The van der Waals surface area contributed by atoms with Crippen molar-refractivity contribution in [3.8, 4) is 11.3 Å². The molecule has 5 nitrogen and oxygen atoms in total. The molecule has 3 aromatic rings. The predicted molar refractivity (Wildman–Crippen MR) is 105 cm³/mol. The second kappa shape index (κ2) is 8.10. The molecule has 1 amide bonds. The van der Waals surface area contributed by atoms with Gasteiger partial charge in [0.05, 0.1) is 11.7 Å². The molecule has 3 rings (SSSR count). The standard InChI is InChI=1S/C20H18BrN3O2/c1-14(15-5-3-2-4-6-15)22-19(25)13-24-20(26)12-11-18(23-24)16-7-9-17(21)10-8-16/h2-12,14H,13H2,1H3,(H,22,25). The van der Waals surface area contributed by atoms with E-state index >= 15 is 0 Å². The number of nitrogens with zero attached hydrogens (tertiary/aromatic N) is 2. The molecule has 0 aliphatic rings. The normalized spacial score (nSPS) is 11.8. The van der Waals surface area contributed by atoms with Crippen LogP contribution in [-0.4, -0.2) is 15.7 Å². The van der Waals surface area contributed by atoms with Crippen molar-refractivity contribution in [2.45, 2.75) is 19.5 Å². The summed E-state index contributed by atoms with van der Waals surface area (Å²) in [5.41, 5.74) is 2.21. The molecule has 0 aliphatic heterocycles. The van der Waals surface area contributed by atoms with E-state index in [1.807, 2.05) is 61.5 Å². The fourth-order valence-electron chi connectivity index (χ4n) is 2.59. The maximum Gasteiger partial charge on any atom is 0.267 e. The molecule has 1 atom stereocenters. The maximum absolute atomic E-state index is 12.3. The Morgan fingerprint density at radius 3 is 2.46 bits per heavy atom. The highest BCUT2D eigenvalue weighted by Gasteiger charge is 2.12. The Labute approximate surface area is 159 Å². The first-order valence-corrected chi connectivity index (χ1v) is 9.00. The van der Waals surface area contributed by atoms with E-state index in [0.717, 1.165) is 15.6 Å². The monoisotopic (exact) mass is 411 g/mol. The van der Waals surface area contributed by atoms with Crippen LogP contribution >= 0.6 is 15.9 Å². The Hall–Kier alpha value is -2.73.